The zero-order chi connectivity index (χ0) is 10.4. The van der Waals surface area contributed by atoms with E-state index in [9.17, 15) is 0 Å². The molecule has 0 aromatic carbocycles. The van der Waals surface area contributed by atoms with Crippen LogP contribution in [0.25, 0.3) is 0 Å². The summed E-state index contributed by atoms with van der Waals surface area (Å²) in [5.41, 5.74) is 0. The molecule has 0 spiro atoms. The molecule has 1 aromatic rings. The molecule has 14 heavy (non-hydrogen) atoms. The van der Waals surface area contributed by atoms with Gasteiger partial charge in [0, 0.05) is 6.04 Å². The molecule has 2 N–H and O–H groups in total. The van der Waals surface area contributed by atoms with Gasteiger partial charge in [-0.1, -0.05) is 37.5 Å². The first-order valence-electron chi connectivity index (χ1n) is 5.04. The predicted octanol–water partition coefficient (Wildman–Crippen LogP) is 3.58. The van der Waals surface area contributed by atoms with E-state index in [-0.39, 0.29) is 0 Å². The summed E-state index contributed by atoms with van der Waals surface area (Å²) in [6, 6.07) is 0.482. The molecule has 0 radical (unpaired) electrons. The highest BCUT2D eigenvalue weighted by molar-refractivity contribution is 7.73. The van der Waals surface area contributed by atoms with E-state index in [1.807, 2.05) is 0 Å². The average molecular weight is 231 g/mol. The van der Waals surface area contributed by atoms with Crippen molar-refractivity contribution in [2.75, 3.05) is 5.32 Å². The SMILES string of the molecule is CCCCCC(C)Nc1n[nH]c(=S)s1. The Hall–Kier alpha value is -0.420. The Kier molecular flexibility index (Phi) is 5.11. The van der Waals surface area contributed by atoms with E-state index in [1.165, 1.54) is 37.0 Å². The predicted molar refractivity (Wildman–Crippen MR) is 64.5 cm³/mol. The van der Waals surface area contributed by atoms with Gasteiger partial charge in [-0.25, -0.2) is 0 Å². The van der Waals surface area contributed by atoms with Crippen LogP contribution in [-0.2, 0) is 0 Å². The first-order valence-corrected chi connectivity index (χ1v) is 6.27. The molecule has 1 rings (SSSR count). The van der Waals surface area contributed by atoms with E-state index >= 15 is 0 Å². The van der Waals surface area contributed by atoms with Crippen LogP contribution in [0.4, 0.5) is 5.13 Å². The van der Waals surface area contributed by atoms with Gasteiger partial charge < -0.3 is 5.32 Å². The fourth-order valence-corrected chi connectivity index (χ4v) is 2.18. The van der Waals surface area contributed by atoms with Crippen molar-refractivity contribution in [3.05, 3.63) is 3.95 Å². The van der Waals surface area contributed by atoms with Crippen LogP contribution in [0, 0.1) is 3.95 Å². The zero-order valence-electron chi connectivity index (χ0n) is 8.67. The molecule has 0 aliphatic rings. The van der Waals surface area contributed by atoms with Gasteiger partial charge in [-0.05, 0) is 25.6 Å². The van der Waals surface area contributed by atoms with Crippen LogP contribution in [0.2, 0.25) is 0 Å². The van der Waals surface area contributed by atoms with Gasteiger partial charge >= 0.3 is 0 Å². The molecule has 5 heteroatoms. The van der Waals surface area contributed by atoms with E-state index in [0.29, 0.717) is 6.04 Å². The van der Waals surface area contributed by atoms with Crippen LogP contribution in [0.1, 0.15) is 39.5 Å². The first kappa shape index (κ1) is 11.7. The molecular formula is C9H17N3S2. The minimum absolute atomic E-state index is 0.482. The van der Waals surface area contributed by atoms with Crippen molar-refractivity contribution in [3.8, 4) is 0 Å². The number of hydrogen-bond donors (Lipinski definition) is 2. The molecular weight excluding hydrogens is 214 g/mol. The van der Waals surface area contributed by atoms with Gasteiger partial charge in [0.2, 0.25) is 5.13 Å². The quantitative estimate of drug-likeness (QED) is 0.581. The normalized spacial score (nSPS) is 12.7. The number of aromatic amines is 1. The number of anilines is 1. The van der Waals surface area contributed by atoms with Crippen molar-refractivity contribution in [1.82, 2.24) is 10.2 Å². The summed E-state index contributed by atoms with van der Waals surface area (Å²) >= 11 is 6.44. The molecule has 3 nitrogen and oxygen atoms in total. The highest BCUT2D eigenvalue weighted by Crippen LogP contribution is 2.14. The van der Waals surface area contributed by atoms with Gasteiger partial charge in [0.15, 0.2) is 3.95 Å². The third kappa shape index (κ3) is 4.19. The smallest absolute Gasteiger partial charge is 0.204 e. The summed E-state index contributed by atoms with van der Waals surface area (Å²) in [5, 5.41) is 11.1. The number of unbranched alkanes of at least 4 members (excludes halogenated alkanes) is 2. The van der Waals surface area contributed by atoms with Gasteiger partial charge in [0.25, 0.3) is 0 Å². The van der Waals surface area contributed by atoms with E-state index in [0.717, 1.165) is 9.09 Å². The van der Waals surface area contributed by atoms with Crippen molar-refractivity contribution in [3.63, 3.8) is 0 Å². The van der Waals surface area contributed by atoms with E-state index in [2.05, 4.69) is 29.4 Å². The number of rotatable bonds is 6. The lowest BCUT2D eigenvalue weighted by Gasteiger charge is -2.11. The molecule has 1 heterocycles. The lowest BCUT2D eigenvalue weighted by atomic mass is 10.1. The summed E-state index contributed by atoms with van der Waals surface area (Å²) in [5.74, 6) is 0. The Balaban J connectivity index is 2.26. The highest BCUT2D eigenvalue weighted by Gasteiger charge is 2.03. The van der Waals surface area contributed by atoms with Gasteiger partial charge in [0.05, 0.1) is 0 Å². The Labute approximate surface area is 93.9 Å². The van der Waals surface area contributed by atoms with Crippen molar-refractivity contribution < 1.29 is 0 Å². The largest absolute Gasteiger partial charge is 0.358 e. The summed E-state index contributed by atoms with van der Waals surface area (Å²) in [6.45, 7) is 4.40. The summed E-state index contributed by atoms with van der Waals surface area (Å²) in [6.07, 6.45) is 5.05. The van der Waals surface area contributed by atoms with Crippen LogP contribution >= 0.6 is 23.6 Å². The second kappa shape index (κ2) is 6.14. The Morgan fingerprint density at radius 2 is 2.36 bits per heavy atom. The lowest BCUT2D eigenvalue weighted by molar-refractivity contribution is 0.614. The van der Waals surface area contributed by atoms with Crippen LogP contribution in [-0.4, -0.2) is 16.2 Å². The zero-order valence-corrected chi connectivity index (χ0v) is 10.3. The topological polar surface area (TPSA) is 40.7 Å². The monoisotopic (exact) mass is 231 g/mol. The number of aromatic nitrogens is 2. The Morgan fingerprint density at radius 1 is 1.57 bits per heavy atom. The number of nitrogens with one attached hydrogen (secondary N) is 2. The second-order valence-corrected chi connectivity index (χ2v) is 5.13. The second-order valence-electron chi connectivity index (χ2n) is 3.46. The summed E-state index contributed by atoms with van der Waals surface area (Å²) in [7, 11) is 0. The van der Waals surface area contributed by atoms with Crippen molar-refractivity contribution >= 4 is 28.7 Å². The van der Waals surface area contributed by atoms with Gasteiger partial charge in [0.1, 0.15) is 0 Å². The third-order valence-electron chi connectivity index (χ3n) is 2.05. The molecule has 1 unspecified atom stereocenters. The fourth-order valence-electron chi connectivity index (χ4n) is 1.28. The lowest BCUT2D eigenvalue weighted by Crippen LogP contribution is -2.14. The van der Waals surface area contributed by atoms with Gasteiger partial charge in [-0.2, -0.15) is 0 Å². The number of H-pyrrole nitrogens is 1. The molecule has 0 bridgehead atoms. The average Bonchev–Trinajstić information content (AvgIpc) is 2.52. The molecule has 1 atom stereocenters. The van der Waals surface area contributed by atoms with E-state index in [4.69, 9.17) is 12.2 Å². The Morgan fingerprint density at radius 3 is 2.93 bits per heavy atom. The molecule has 0 aliphatic heterocycles. The van der Waals surface area contributed by atoms with E-state index < -0.39 is 0 Å². The Bertz CT molecular complexity index is 305. The molecule has 0 aliphatic carbocycles. The maximum absolute atomic E-state index is 4.95. The third-order valence-corrected chi connectivity index (χ3v) is 3.07. The first-order chi connectivity index (χ1) is 6.72. The van der Waals surface area contributed by atoms with Crippen LogP contribution in [0.3, 0.4) is 0 Å². The fraction of sp³-hybridized carbons (Fsp3) is 0.778. The standard InChI is InChI=1S/C9H17N3S2/c1-3-4-5-6-7(2)10-8-11-12-9(13)14-8/h7H,3-6H2,1-2H3,(H,10,11)(H,12,13). The van der Waals surface area contributed by atoms with Crippen molar-refractivity contribution in [2.24, 2.45) is 0 Å². The molecule has 0 saturated heterocycles. The van der Waals surface area contributed by atoms with Crippen LogP contribution in [0.5, 0.6) is 0 Å². The highest BCUT2D eigenvalue weighted by atomic mass is 32.1. The van der Waals surface area contributed by atoms with Gasteiger partial charge in [-0.15, -0.1) is 5.10 Å². The molecule has 0 fully saturated rings. The number of nitrogens with zero attached hydrogens (tertiary/aromatic N) is 1. The number of hydrogen-bond acceptors (Lipinski definition) is 4. The maximum atomic E-state index is 4.95. The summed E-state index contributed by atoms with van der Waals surface area (Å²) < 4.78 is 0.730. The van der Waals surface area contributed by atoms with Gasteiger partial charge in [-0.3, -0.25) is 5.10 Å². The minimum Gasteiger partial charge on any atom is -0.358 e. The van der Waals surface area contributed by atoms with Crippen LogP contribution in [0.15, 0.2) is 0 Å². The molecule has 0 amide bonds. The molecule has 1 aromatic heterocycles. The van der Waals surface area contributed by atoms with Crippen LogP contribution < -0.4 is 5.32 Å². The van der Waals surface area contributed by atoms with Crippen molar-refractivity contribution in [2.45, 2.75) is 45.6 Å². The molecule has 0 saturated carbocycles. The van der Waals surface area contributed by atoms with E-state index in [1.54, 1.807) is 0 Å². The van der Waals surface area contributed by atoms with Crippen molar-refractivity contribution in [1.29, 1.82) is 0 Å². The minimum atomic E-state index is 0.482. The maximum Gasteiger partial charge on any atom is 0.204 e. The molecule has 80 valence electrons. The summed E-state index contributed by atoms with van der Waals surface area (Å²) in [4.78, 5) is 0.